The van der Waals surface area contributed by atoms with Gasteiger partial charge in [-0.1, -0.05) is 117 Å². The zero-order valence-corrected chi connectivity index (χ0v) is 20.5. The lowest BCUT2D eigenvalue weighted by molar-refractivity contribution is 0.135. The molecule has 2 nitrogen and oxygen atoms in total. The summed E-state index contributed by atoms with van der Waals surface area (Å²) in [5.74, 6) is 0. The van der Waals surface area contributed by atoms with Crippen molar-refractivity contribution < 1.29 is 0 Å². The maximum atomic E-state index is 2.66. The number of hydrogen-bond donors (Lipinski definition) is 0. The van der Waals surface area contributed by atoms with E-state index in [1.54, 1.807) is 0 Å². The topological polar surface area (TPSA) is 6.48 Å². The maximum absolute atomic E-state index is 2.66. The monoisotopic (exact) mass is 406 g/mol. The number of nitrogens with zero attached hydrogens (tertiary/aromatic N) is 2. The van der Waals surface area contributed by atoms with Crippen LogP contribution in [-0.4, -0.2) is 29.1 Å². The second-order valence-corrected chi connectivity index (χ2v) is 9.35. The summed E-state index contributed by atoms with van der Waals surface area (Å²) >= 11 is 0. The molecule has 1 heterocycles. The van der Waals surface area contributed by atoms with Gasteiger partial charge in [0, 0.05) is 25.5 Å². The lowest BCUT2D eigenvalue weighted by atomic mass is 10.1. The Hall–Kier alpha value is -0.660. The van der Waals surface area contributed by atoms with Crippen LogP contribution in [-0.2, 0) is 0 Å². The third-order valence-electron chi connectivity index (χ3n) is 6.57. The summed E-state index contributed by atoms with van der Waals surface area (Å²) in [6.45, 7) is 9.43. The predicted octanol–water partition coefficient (Wildman–Crippen LogP) is 8.87. The van der Waals surface area contributed by atoms with Crippen molar-refractivity contribution in [2.45, 2.75) is 149 Å². The van der Waals surface area contributed by atoms with Crippen molar-refractivity contribution in [1.29, 1.82) is 0 Å². The highest BCUT2D eigenvalue weighted by Crippen LogP contribution is 2.23. The lowest BCUT2D eigenvalue weighted by Crippen LogP contribution is -2.39. The minimum atomic E-state index is 0.645. The minimum Gasteiger partial charge on any atom is -0.356 e. The van der Waals surface area contributed by atoms with Crippen molar-refractivity contribution in [2.24, 2.45) is 0 Å². The highest BCUT2D eigenvalue weighted by Gasteiger charge is 2.24. The predicted molar refractivity (Wildman–Crippen MR) is 131 cm³/mol. The molecule has 0 aromatic carbocycles. The fourth-order valence-corrected chi connectivity index (χ4v) is 4.60. The maximum Gasteiger partial charge on any atom is 0.101 e. The van der Waals surface area contributed by atoms with E-state index in [1.807, 2.05) is 0 Å². The normalized spacial score (nSPS) is 16.3. The molecule has 1 unspecified atom stereocenters. The SMILES string of the molecule is CCCCCCCCCCCCCN1C=CN(CCCCC)C1CCCCCC. The van der Waals surface area contributed by atoms with E-state index in [9.17, 15) is 0 Å². The van der Waals surface area contributed by atoms with Crippen molar-refractivity contribution in [3.05, 3.63) is 12.4 Å². The van der Waals surface area contributed by atoms with Gasteiger partial charge in [-0.2, -0.15) is 0 Å². The first-order chi connectivity index (χ1) is 14.3. The molecule has 0 spiro atoms. The quantitative estimate of drug-likeness (QED) is 0.176. The van der Waals surface area contributed by atoms with Crippen LogP contribution in [0.4, 0.5) is 0 Å². The molecule has 29 heavy (non-hydrogen) atoms. The molecule has 1 aliphatic heterocycles. The van der Waals surface area contributed by atoms with E-state index in [4.69, 9.17) is 0 Å². The Labute approximate surface area is 184 Å². The summed E-state index contributed by atoms with van der Waals surface area (Å²) in [5.41, 5.74) is 0. The van der Waals surface area contributed by atoms with Gasteiger partial charge in [-0.25, -0.2) is 0 Å². The lowest BCUT2D eigenvalue weighted by Gasteiger charge is -2.33. The number of hydrogen-bond acceptors (Lipinski definition) is 2. The Morgan fingerprint density at radius 3 is 1.28 bits per heavy atom. The van der Waals surface area contributed by atoms with Gasteiger partial charge in [0.1, 0.15) is 6.17 Å². The first-order valence-corrected chi connectivity index (χ1v) is 13.5. The summed E-state index contributed by atoms with van der Waals surface area (Å²) in [5, 5.41) is 0. The molecule has 1 atom stereocenters. The third-order valence-corrected chi connectivity index (χ3v) is 6.57. The smallest absolute Gasteiger partial charge is 0.101 e. The molecule has 0 radical (unpaired) electrons. The van der Waals surface area contributed by atoms with E-state index in [2.05, 4.69) is 43.0 Å². The van der Waals surface area contributed by atoms with Crippen LogP contribution in [0.15, 0.2) is 12.4 Å². The summed E-state index contributed by atoms with van der Waals surface area (Å²) < 4.78 is 0. The molecule has 0 fully saturated rings. The average molecular weight is 407 g/mol. The highest BCUT2D eigenvalue weighted by atomic mass is 15.4. The largest absolute Gasteiger partial charge is 0.356 e. The second-order valence-electron chi connectivity index (χ2n) is 9.35. The first-order valence-electron chi connectivity index (χ1n) is 13.5. The molecule has 0 saturated carbocycles. The van der Waals surface area contributed by atoms with Crippen LogP contribution in [0.5, 0.6) is 0 Å². The van der Waals surface area contributed by atoms with Crippen LogP contribution in [0, 0.1) is 0 Å². The summed E-state index contributed by atoms with van der Waals surface area (Å²) in [7, 11) is 0. The van der Waals surface area contributed by atoms with Crippen LogP contribution in [0.3, 0.4) is 0 Å². The molecule has 0 saturated heterocycles. The van der Waals surface area contributed by atoms with Gasteiger partial charge in [-0.15, -0.1) is 0 Å². The second kappa shape index (κ2) is 19.3. The molecule has 0 N–H and O–H groups in total. The van der Waals surface area contributed by atoms with Gasteiger partial charge in [0.05, 0.1) is 0 Å². The van der Waals surface area contributed by atoms with Crippen LogP contribution in [0.25, 0.3) is 0 Å². The Kier molecular flexibility index (Phi) is 17.6. The van der Waals surface area contributed by atoms with Crippen LogP contribution in [0.1, 0.15) is 143 Å². The Balaban J connectivity index is 2.15. The highest BCUT2D eigenvalue weighted by molar-refractivity contribution is 4.96. The van der Waals surface area contributed by atoms with Crippen LogP contribution < -0.4 is 0 Å². The van der Waals surface area contributed by atoms with E-state index in [-0.39, 0.29) is 0 Å². The van der Waals surface area contributed by atoms with Crippen molar-refractivity contribution >= 4 is 0 Å². The Morgan fingerprint density at radius 2 is 0.793 bits per heavy atom. The van der Waals surface area contributed by atoms with Gasteiger partial charge < -0.3 is 9.80 Å². The van der Waals surface area contributed by atoms with Gasteiger partial charge >= 0.3 is 0 Å². The van der Waals surface area contributed by atoms with Gasteiger partial charge in [-0.3, -0.25) is 0 Å². The van der Waals surface area contributed by atoms with Crippen molar-refractivity contribution in [2.75, 3.05) is 13.1 Å². The molecule has 0 aliphatic carbocycles. The zero-order valence-electron chi connectivity index (χ0n) is 20.5. The fourth-order valence-electron chi connectivity index (χ4n) is 4.60. The summed E-state index contributed by atoms with van der Waals surface area (Å²) in [6, 6.07) is 0. The molecule has 172 valence electrons. The fraction of sp³-hybridized carbons (Fsp3) is 0.926. The summed E-state index contributed by atoms with van der Waals surface area (Å²) in [4.78, 5) is 5.30. The number of unbranched alkanes of at least 4 members (excludes halogenated alkanes) is 15. The molecule has 0 amide bonds. The van der Waals surface area contributed by atoms with Gasteiger partial charge in [0.2, 0.25) is 0 Å². The van der Waals surface area contributed by atoms with Crippen LogP contribution in [0.2, 0.25) is 0 Å². The van der Waals surface area contributed by atoms with Gasteiger partial charge in [0.25, 0.3) is 0 Å². The van der Waals surface area contributed by atoms with Crippen molar-refractivity contribution in [3.63, 3.8) is 0 Å². The number of rotatable bonds is 21. The molecule has 1 rings (SSSR count). The van der Waals surface area contributed by atoms with E-state index < -0.39 is 0 Å². The Bertz CT molecular complexity index is 366. The van der Waals surface area contributed by atoms with Gasteiger partial charge in [-0.05, 0) is 25.7 Å². The zero-order chi connectivity index (χ0) is 21.0. The molecular formula is C27H54N2. The van der Waals surface area contributed by atoms with Crippen molar-refractivity contribution in [1.82, 2.24) is 9.80 Å². The standard InChI is InChI=1S/C27H54N2/c1-4-7-10-12-13-14-15-16-17-18-21-24-29-26-25-28(23-20-9-6-3)27(29)22-19-11-8-5-2/h25-27H,4-24H2,1-3H3. The molecule has 0 aromatic heterocycles. The molecule has 0 aromatic rings. The molecule has 1 aliphatic rings. The first kappa shape index (κ1) is 26.4. The van der Waals surface area contributed by atoms with E-state index in [0.717, 1.165) is 0 Å². The Morgan fingerprint density at radius 1 is 0.448 bits per heavy atom. The molecule has 2 heteroatoms. The van der Waals surface area contributed by atoms with E-state index >= 15 is 0 Å². The summed E-state index contributed by atoms with van der Waals surface area (Å²) in [6.07, 6.45) is 32.1. The average Bonchev–Trinajstić information content (AvgIpc) is 3.11. The molecular weight excluding hydrogens is 352 g/mol. The minimum absolute atomic E-state index is 0.645. The van der Waals surface area contributed by atoms with E-state index in [0.29, 0.717) is 6.17 Å². The third kappa shape index (κ3) is 13.3. The van der Waals surface area contributed by atoms with E-state index in [1.165, 1.54) is 135 Å². The van der Waals surface area contributed by atoms with Crippen LogP contribution >= 0.6 is 0 Å². The molecule has 0 bridgehead atoms. The van der Waals surface area contributed by atoms with Crippen molar-refractivity contribution in [3.8, 4) is 0 Å². The van der Waals surface area contributed by atoms with Gasteiger partial charge in [0.15, 0.2) is 0 Å².